The van der Waals surface area contributed by atoms with Gasteiger partial charge in [0, 0.05) is 25.5 Å². The Bertz CT molecular complexity index is 551. The fourth-order valence-electron chi connectivity index (χ4n) is 1.64. The minimum Gasteiger partial charge on any atom is -0.480 e. The van der Waals surface area contributed by atoms with Gasteiger partial charge in [0.2, 0.25) is 0 Å². The van der Waals surface area contributed by atoms with E-state index >= 15 is 0 Å². The van der Waals surface area contributed by atoms with Crippen LogP contribution >= 0.6 is 0 Å². The largest absolute Gasteiger partial charge is 0.480 e. The van der Waals surface area contributed by atoms with E-state index in [9.17, 15) is 4.79 Å². The van der Waals surface area contributed by atoms with Gasteiger partial charge in [-0.1, -0.05) is 0 Å². The third-order valence-corrected chi connectivity index (χ3v) is 2.44. The summed E-state index contributed by atoms with van der Waals surface area (Å²) in [5.74, 6) is 1.03. The minimum atomic E-state index is -0.892. The highest BCUT2D eigenvalue weighted by Crippen LogP contribution is 2.14. The topological polar surface area (TPSA) is 71.2 Å². The average molecular weight is 246 g/mol. The predicted octanol–water partition coefficient (Wildman–Crippen LogP) is 1.10. The number of hydrogen-bond donors (Lipinski definition) is 1. The van der Waals surface area contributed by atoms with Crippen LogP contribution in [0.4, 0.5) is 5.82 Å². The van der Waals surface area contributed by atoms with Gasteiger partial charge in [-0.05, 0) is 19.1 Å². The zero-order valence-corrected chi connectivity index (χ0v) is 10.2. The lowest BCUT2D eigenvalue weighted by molar-refractivity contribution is -0.135. The number of carboxylic acid groups (broad SMARTS) is 1. The Morgan fingerprint density at radius 2 is 2.06 bits per heavy atom. The van der Waals surface area contributed by atoms with Gasteiger partial charge in [0.15, 0.2) is 0 Å². The number of hydrogen-bond acceptors (Lipinski definition) is 4. The first-order chi connectivity index (χ1) is 8.56. The summed E-state index contributed by atoms with van der Waals surface area (Å²) < 4.78 is 1.85. The number of aliphatic carboxylic acids is 1. The molecule has 2 rings (SSSR count). The van der Waals surface area contributed by atoms with Crippen molar-refractivity contribution in [3.8, 4) is 5.82 Å². The third-order valence-electron chi connectivity index (χ3n) is 2.44. The summed E-state index contributed by atoms with van der Waals surface area (Å²) in [6.45, 7) is 1.69. The first-order valence-electron chi connectivity index (χ1n) is 5.48. The van der Waals surface area contributed by atoms with Crippen LogP contribution in [0.25, 0.3) is 5.82 Å². The van der Waals surface area contributed by atoms with Crippen molar-refractivity contribution in [2.24, 2.45) is 0 Å². The van der Waals surface area contributed by atoms with E-state index in [4.69, 9.17) is 5.11 Å². The number of carboxylic acids is 1. The molecule has 6 heteroatoms. The molecule has 1 N–H and O–H groups in total. The molecule has 0 unspecified atom stereocenters. The molecule has 0 spiro atoms. The molecule has 0 saturated carbocycles. The summed E-state index contributed by atoms with van der Waals surface area (Å²) in [5.41, 5.74) is 0. The standard InChI is InChI=1S/C12H14N4O2/c1-9-13-10(15(2)8-12(17)18)7-11(14-9)16-5-3-4-6-16/h3-7H,8H2,1-2H3,(H,17,18). The predicted molar refractivity (Wildman–Crippen MR) is 67.0 cm³/mol. The van der Waals surface area contributed by atoms with Crippen molar-refractivity contribution in [1.82, 2.24) is 14.5 Å². The van der Waals surface area contributed by atoms with Crippen LogP contribution in [0.2, 0.25) is 0 Å². The Hall–Kier alpha value is -2.37. The van der Waals surface area contributed by atoms with Crippen molar-refractivity contribution in [2.75, 3.05) is 18.5 Å². The van der Waals surface area contributed by atoms with Crippen molar-refractivity contribution in [3.63, 3.8) is 0 Å². The van der Waals surface area contributed by atoms with Gasteiger partial charge in [-0.3, -0.25) is 4.79 Å². The van der Waals surface area contributed by atoms with Gasteiger partial charge in [-0.2, -0.15) is 0 Å². The molecule has 0 aliphatic heterocycles. The van der Waals surface area contributed by atoms with E-state index in [1.165, 1.54) is 0 Å². The van der Waals surface area contributed by atoms with Crippen LogP contribution in [-0.4, -0.2) is 39.2 Å². The van der Waals surface area contributed by atoms with Crippen LogP contribution in [0.1, 0.15) is 5.82 Å². The van der Waals surface area contributed by atoms with E-state index in [0.29, 0.717) is 11.6 Å². The quantitative estimate of drug-likeness (QED) is 0.874. The number of anilines is 1. The normalized spacial score (nSPS) is 10.3. The van der Waals surface area contributed by atoms with Gasteiger partial charge in [-0.25, -0.2) is 9.97 Å². The monoisotopic (exact) mass is 246 g/mol. The SMILES string of the molecule is Cc1nc(N(C)CC(=O)O)cc(-n2cccc2)n1. The summed E-state index contributed by atoms with van der Waals surface area (Å²) in [5, 5.41) is 8.78. The summed E-state index contributed by atoms with van der Waals surface area (Å²) >= 11 is 0. The fourth-order valence-corrected chi connectivity index (χ4v) is 1.64. The molecule has 2 aromatic heterocycles. The Morgan fingerprint density at radius 3 is 2.67 bits per heavy atom. The molecular weight excluding hydrogens is 232 g/mol. The number of rotatable bonds is 4. The lowest BCUT2D eigenvalue weighted by Crippen LogP contribution is -2.26. The van der Waals surface area contributed by atoms with E-state index in [-0.39, 0.29) is 6.54 Å². The van der Waals surface area contributed by atoms with E-state index in [0.717, 1.165) is 5.82 Å². The van der Waals surface area contributed by atoms with Gasteiger partial charge in [0.1, 0.15) is 24.0 Å². The Balaban J connectivity index is 2.35. The van der Waals surface area contributed by atoms with Crippen molar-refractivity contribution in [2.45, 2.75) is 6.92 Å². The number of likely N-dealkylation sites (N-methyl/N-ethyl adjacent to an activating group) is 1. The van der Waals surface area contributed by atoms with Gasteiger partial charge in [0.05, 0.1) is 0 Å². The minimum absolute atomic E-state index is 0.0957. The van der Waals surface area contributed by atoms with Crippen LogP contribution < -0.4 is 4.90 Å². The first-order valence-corrected chi connectivity index (χ1v) is 5.48. The second-order valence-electron chi connectivity index (χ2n) is 3.97. The van der Waals surface area contributed by atoms with Crippen LogP contribution in [0.5, 0.6) is 0 Å². The number of aryl methyl sites for hydroxylation is 1. The zero-order chi connectivity index (χ0) is 13.1. The molecule has 0 atom stereocenters. The molecule has 0 aliphatic rings. The van der Waals surface area contributed by atoms with E-state index < -0.39 is 5.97 Å². The number of nitrogens with zero attached hydrogens (tertiary/aromatic N) is 4. The molecule has 94 valence electrons. The summed E-state index contributed by atoms with van der Waals surface area (Å²) in [7, 11) is 1.69. The molecule has 0 fully saturated rings. The molecule has 2 aromatic rings. The molecule has 0 radical (unpaired) electrons. The van der Waals surface area contributed by atoms with E-state index in [1.54, 1.807) is 24.9 Å². The summed E-state index contributed by atoms with van der Waals surface area (Å²) in [6, 6.07) is 5.56. The maximum atomic E-state index is 10.7. The van der Waals surface area contributed by atoms with Crippen molar-refractivity contribution in [3.05, 3.63) is 36.4 Å². The molecule has 6 nitrogen and oxygen atoms in total. The molecule has 0 aliphatic carbocycles. The Kier molecular flexibility index (Phi) is 3.27. The van der Waals surface area contributed by atoms with Crippen LogP contribution in [0.15, 0.2) is 30.6 Å². The summed E-state index contributed by atoms with van der Waals surface area (Å²) in [6.07, 6.45) is 3.76. The first kappa shape index (κ1) is 12.1. The van der Waals surface area contributed by atoms with Gasteiger partial charge in [0.25, 0.3) is 0 Å². The van der Waals surface area contributed by atoms with Gasteiger partial charge in [-0.15, -0.1) is 0 Å². The maximum Gasteiger partial charge on any atom is 0.323 e. The molecular formula is C12H14N4O2. The molecule has 2 heterocycles. The van der Waals surface area contributed by atoms with E-state index in [2.05, 4.69) is 9.97 Å². The summed E-state index contributed by atoms with van der Waals surface area (Å²) in [4.78, 5) is 20.8. The van der Waals surface area contributed by atoms with Crippen LogP contribution in [-0.2, 0) is 4.79 Å². The molecule has 0 saturated heterocycles. The highest BCUT2D eigenvalue weighted by atomic mass is 16.4. The second-order valence-corrected chi connectivity index (χ2v) is 3.97. The zero-order valence-electron chi connectivity index (χ0n) is 10.2. The van der Waals surface area contributed by atoms with Crippen molar-refractivity contribution in [1.29, 1.82) is 0 Å². The molecule has 18 heavy (non-hydrogen) atoms. The van der Waals surface area contributed by atoms with Crippen LogP contribution in [0, 0.1) is 6.92 Å². The second kappa shape index (κ2) is 4.87. The highest BCUT2D eigenvalue weighted by Gasteiger charge is 2.10. The Morgan fingerprint density at radius 1 is 1.39 bits per heavy atom. The lowest BCUT2D eigenvalue weighted by Gasteiger charge is -2.16. The third kappa shape index (κ3) is 2.65. The highest BCUT2D eigenvalue weighted by molar-refractivity contribution is 5.73. The van der Waals surface area contributed by atoms with E-state index in [1.807, 2.05) is 29.1 Å². The lowest BCUT2D eigenvalue weighted by atomic mass is 10.4. The molecule has 0 amide bonds. The van der Waals surface area contributed by atoms with Crippen molar-refractivity contribution >= 4 is 11.8 Å². The fraction of sp³-hybridized carbons (Fsp3) is 0.250. The molecule has 0 bridgehead atoms. The van der Waals surface area contributed by atoms with Crippen LogP contribution in [0.3, 0.4) is 0 Å². The Labute approximate surface area is 105 Å². The number of aromatic nitrogens is 3. The van der Waals surface area contributed by atoms with Crippen molar-refractivity contribution < 1.29 is 9.90 Å². The average Bonchev–Trinajstić information content (AvgIpc) is 2.80. The number of carbonyl (C=O) groups is 1. The maximum absolute atomic E-state index is 10.7. The molecule has 0 aromatic carbocycles. The van der Waals surface area contributed by atoms with Gasteiger partial charge < -0.3 is 14.6 Å². The van der Waals surface area contributed by atoms with Gasteiger partial charge >= 0.3 is 5.97 Å². The smallest absolute Gasteiger partial charge is 0.323 e.